The summed E-state index contributed by atoms with van der Waals surface area (Å²) in [4.78, 5) is 14.5. The van der Waals surface area contributed by atoms with Crippen molar-refractivity contribution in [1.82, 2.24) is 4.98 Å². The Morgan fingerprint density at radius 1 is 1.53 bits per heavy atom. The minimum Gasteiger partial charge on any atom is -0.478 e. The van der Waals surface area contributed by atoms with Gasteiger partial charge in [-0.3, -0.25) is 0 Å². The molecule has 0 fully saturated rings. The van der Waals surface area contributed by atoms with Crippen LogP contribution in [0.25, 0.3) is 0 Å². The van der Waals surface area contributed by atoms with E-state index in [-0.39, 0.29) is 63.1 Å². The van der Waals surface area contributed by atoms with Crippen LogP contribution in [0.15, 0.2) is 12.3 Å². The van der Waals surface area contributed by atoms with Crippen LogP contribution >= 0.6 is 0 Å². The molecule has 0 aliphatic rings. The summed E-state index contributed by atoms with van der Waals surface area (Å²) in [6.45, 7) is 5.57. The molecule has 0 aliphatic heterocycles. The Hall–Kier alpha value is 0.0564. The predicted octanol–water partition coefficient (Wildman–Crippen LogP) is 1.49. The number of nitrogens with zero attached hydrogens (tertiary/aromatic N) is 1. The Kier molecular flexibility index (Phi) is 6.62. The van der Waals surface area contributed by atoms with E-state index in [0.717, 1.165) is 5.56 Å². The second-order valence-corrected chi connectivity index (χ2v) is 3.32. The average Bonchev–Trinajstić information content (AvgIpc) is 2.07. The molecule has 77 valence electrons. The number of rotatable bonds is 3. The summed E-state index contributed by atoms with van der Waals surface area (Å²) in [6, 6.07) is 1.55. The molecule has 0 aromatic carbocycles. The first-order chi connectivity index (χ1) is 6.50. The van der Waals surface area contributed by atoms with Crippen LogP contribution in [-0.4, -0.2) is 73.5 Å². The van der Waals surface area contributed by atoms with Gasteiger partial charge in [-0.05, 0) is 26.8 Å². The van der Waals surface area contributed by atoms with Crippen molar-refractivity contribution in [3.63, 3.8) is 0 Å². The number of hydrogen-bond acceptors (Lipinski definition) is 3. The molecule has 0 amide bonds. The van der Waals surface area contributed by atoms with Crippen molar-refractivity contribution in [3.05, 3.63) is 23.4 Å². The third-order valence-corrected chi connectivity index (χ3v) is 1.62. The van der Waals surface area contributed by atoms with E-state index >= 15 is 0 Å². The molecule has 0 saturated carbocycles. The molecule has 0 aliphatic carbocycles. The maximum atomic E-state index is 10.6. The molecule has 0 atom stereocenters. The summed E-state index contributed by atoms with van der Waals surface area (Å²) in [7, 11) is 0. The van der Waals surface area contributed by atoms with E-state index in [2.05, 4.69) is 4.98 Å². The van der Waals surface area contributed by atoms with Crippen molar-refractivity contribution < 1.29 is 14.6 Å². The maximum Gasteiger partial charge on any atom is 0.337 e. The summed E-state index contributed by atoms with van der Waals surface area (Å²) in [5, 5.41) is 8.70. The third kappa shape index (κ3) is 4.61. The Morgan fingerprint density at radius 3 is 2.53 bits per heavy atom. The normalized spacial score (nSPS) is 9.60. The fourth-order valence-corrected chi connectivity index (χ4v) is 1.03. The number of aromatic carboxylic acids is 1. The Bertz CT molecular complexity index is 353. The zero-order valence-corrected chi connectivity index (χ0v) is 12.6. The van der Waals surface area contributed by atoms with Crippen LogP contribution in [0.2, 0.25) is 0 Å². The van der Waals surface area contributed by atoms with Crippen molar-refractivity contribution in [2.45, 2.75) is 26.9 Å². The quantitative estimate of drug-likeness (QED) is 0.805. The number of hydrogen-bond donors (Lipinski definition) is 1. The largest absolute Gasteiger partial charge is 0.478 e. The second-order valence-electron chi connectivity index (χ2n) is 3.32. The molecule has 5 heteroatoms. The second kappa shape index (κ2) is 6.60. The van der Waals surface area contributed by atoms with Crippen LogP contribution in [-0.2, 0) is 0 Å². The first-order valence-corrected chi connectivity index (χ1v) is 4.37. The molecule has 1 N–H and O–H groups in total. The molecule has 4 nitrogen and oxygen atoms in total. The predicted molar refractivity (Wildman–Crippen MR) is 57.5 cm³/mol. The Labute approximate surface area is 131 Å². The Balaban J connectivity index is 0.00000196. The van der Waals surface area contributed by atoms with Crippen LogP contribution < -0.4 is 4.74 Å². The van der Waals surface area contributed by atoms with Crippen LogP contribution in [0.1, 0.15) is 29.8 Å². The van der Waals surface area contributed by atoms with Gasteiger partial charge in [0.25, 0.3) is 0 Å². The van der Waals surface area contributed by atoms with Crippen molar-refractivity contribution >= 4 is 57.4 Å². The topological polar surface area (TPSA) is 59.4 Å². The van der Waals surface area contributed by atoms with E-state index < -0.39 is 5.97 Å². The molecule has 1 radical (unpaired) electrons. The number of carbonyl (C=O) groups is 1. The van der Waals surface area contributed by atoms with E-state index in [1.165, 1.54) is 6.20 Å². The third-order valence-electron chi connectivity index (χ3n) is 1.62. The SMILES string of the molecule is Cc1cc(C(=O)O)cnc1OC(C)C.[K]. The number of aryl methyl sites for hydroxylation is 1. The zero-order valence-electron chi connectivity index (χ0n) is 9.44. The molecular weight excluding hydrogens is 221 g/mol. The standard InChI is InChI=1S/C10H13NO3.K/c1-6(2)14-9-7(3)4-8(5-11-9)10(12)13;/h4-6H,1-3H3,(H,12,13);. The van der Waals surface area contributed by atoms with Crippen molar-refractivity contribution in [1.29, 1.82) is 0 Å². The van der Waals surface area contributed by atoms with Crippen LogP contribution in [0.3, 0.4) is 0 Å². The summed E-state index contributed by atoms with van der Waals surface area (Å²) >= 11 is 0. The summed E-state index contributed by atoms with van der Waals surface area (Å²) < 4.78 is 5.38. The number of aromatic nitrogens is 1. The molecule has 0 unspecified atom stereocenters. The fourth-order valence-electron chi connectivity index (χ4n) is 1.03. The van der Waals surface area contributed by atoms with Gasteiger partial charge in [0.1, 0.15) is 0 Å². The average molecular weight is 234 g/mol. The van der Waals surface area contributed by atoms with Gasteiger partial charge in [-0.15, -0.1) is 0 Å². The number of carboxylic acids is 1. The van der Waals surface area contributed by atoms with E-state index in [0.29, 0.717) is 5.88 Å². The van der Waals surface area contributed by atoms with Crippen LogP contribution in [0, 0.1) is 6.92 Å². The van der Waals surface area contributed by atoms with Gasteiger partial charge in [-0.25, -0.2) is 9.78 Å². The van der Waals surface area contributed by atoms with Crippen molar-refractivity contribution in [3.8, 4) is 5.88 Å². The first kappa shape index (κ1) is 15.1. The molecular formula is C10H13KNO3. The minimum atomic E-state index is -0.975. The van der Waals surface area contributed by atoms with Gasteiger partial charge < -0.3 is 9.84 Å². The monoisotopic (exact) mass is 234 g/mol. The Morgan fingerprint density at radius 2 is 2.13 bits per heavy atom. The number of carboxylic acid groups (broad SMARTS) is 1. The molecule has 0 spiro atoms. The van der Waals surface area contributed by atoms with E-state index in [4.69, 9.17) is 9.84 Å². The molecule has 1 heterocycles. The van der Waals surface area contributed by atoms with Gasteiger partial charge in [-0.2, -0.15) is 0 Å². The van der Waals surface area contributed by atoms with Gasteiger partial charge in [-0.1, -0.05) is 0 Å². The summed E-state index contributed by atoms with van der Waals surface area (Å²) in [5.41, 5.74) is 0.914. The molecule has 15 heavy (non-hydrogen) atoms. The van der Waals surface area contributed by atoms with Crippen LogP contribution in [0.4, 0.5) is 0 Å². The minimum absolute atomic E-state index is 0. The first-order valence-electron chi connectivity index (χ1n) is 4.37. The van der Waals surface area contributed by atoms with Gasteiger partial charge in [0.05, 0.1) is 11.7 Å². The van der Waals surface area contributed by atoms with E-state index in [9.17, 15) is 4.79 Å². The number of ether oxygens (including phenoxy) is 1. The fraction of sp³-hybridized carbons (Fsp3) is 0.400. The molecule has 1 rings (SSSR count). The van der Waals surface area contributed by atoms with Crippen molar-refractivity contribution in [2.24, 2.45) is 0 Å². The van der Waals surface area contributed by atoms with Gasteiger partial charge in [0.2, 0.25) is 5.88 Å². The molecule has 1 aromatic heterocycles. The zero-order chi connectivity index (χ0) is 10.7. The molecule has 0 bridgehead atoms. The van der Waals surface area contributed by atoms with Crippen LogP contribution in [0.5, 0.6) is 5.88 Å². The van der Waals surface area contributed by atoms with Gasteiger partial charge in [0.15, 0.2) is 0 Å². The summed E-state index contributed by atoms with van der Waals surface area (Å²) in [6.07, 6.45) is 1.34. The summed E-state index contributed by atoms with van der Waals surface area (Å²) in [5.74, 6) is -0.485. The number of pyridine rings is 1. The van der Waals surface area contributed by atoms with E-state index in [1.807, 2.05) is 13.8 Å². The smallest absolute Gasteiger partial charge is 0.337 e. The van der Waals surface area contributed by atoms with Gasteiger partial charge in [0, 0.05) is 63.1 Å². The van der Waals surface area contributed by atoms with E-state index in [1.54, 1.807) is 13.0 Å². The van der Waals surface area contributed by atoms with Gasteiger partial charge >= 0.3 is 5.97 Å². The molecule has 1 aromatic rings. The maximum absolute atomic E-state index is 10.6. The van der Waals surface area contributed by atoms with Crippen molar-refractivity contribution in [2.75, 3.05) is 0 Å². The molecule has 0 saturated heterocycles.